The van der Waals surface area contributed by atoms with Crippen molar-refractivity contribution >= 4 is 17.5 Å². The molecule has 0 unspecified atom stereocenters. The molecule has 0 radical (unpaired) electrons. The minimum atomic E-state index is -5.03. The Bertz CT molecular complexity index is 1470. The zero-order valence-corrected chi connectivity index (χ0v) is 26.1. The number of likely N-dealkylation sites (N-methyl/N-ethyl adjacent to an activating group) is 1. The van der Waals surface area contributed by atoms with Crippen LogP contribution in [0.2, 0.25) is 0 Å². The van der Waals surface area contributed by atoms with Crippen molar-refractivity contribution in [1.82, 2.24) is 9.80 Å². The number of aliphatic hydroxyl groups is 1. The molecule has 2 heterocycles. The lowest BCUT2D eigenvalue weighted by atomic mass is 9.89. The fourth-order valence-electron chi connectivity index (χ4n) is 6.15. The summed E-state index contributed by atoms with van der Waals surface area (Å²) in [6.45, 7) is 4.71. The Morgan fingerprint density at radius 1 is 1.00 bits per heavy atom. The van der Waals surface area contributed by atoms with E-state index in [0.717, 1.165) is 11.1 Å². The van der Waals surface area contributed by atoms with Gasteiger partial charge in [0.15, 0.2) is 6.29 Å². The lowest BCUT2D eigenvalue weighted by Crippen LogP contribution is -2.48. The highest BCUT2D eigenvalue weighted by molar-refractivity contribution is 5.98. The molecule has 0 aliphatic carbocycles. The number of amides is 2. The molecule has 0 saturated carbocycles. The molecular weight excluding hydrogens is 599 g/mol. The third-order valence-corrected chi connectivity index (χ3v) is 9.04. The van der Waals surface area contributed by atoms with Gasteiger partial charge in [-0.1, -0.05) is 73.7 Å². The predicted molar refractivity (Wildman–Crippen MR) is 166 cm³/mol. The number of hydrogen-bond acceptors (Lipinski definition) is 6. The van der Waals surface area contributed by atoms with Gasteiger partial charge in [0, 0.05) is 36.3 Å². The summed E-state index contributed by atoms with van der Waals surface area (Å²) in [7, 11) is 2.06. The first-order chi connectivity index (χ1) is 22.0. The first-order valence-corrected chi connectivity index (χ1v) is 15.5. The molecular formula is C35H40F3N3O5. The maximum atomic E-state index is 13.0. The molecule has 0 spiro atoms. The molecule has 8 nitrogen and oxygen atoms in total. The first kappa shape index (κ1) is 33.6. The Balaban J connectivity index is 1.32. The normalized spacial score (nSPS) is 24.2. The summed E-state index contributed by atoms with van der Waals surface area (Å²) in [6, 6.07) is 23.6. The minimum absolute atomic E-state index is 0.0195. The van der Waals surface area contributed by atoms with E-state index >= 15 is 0 Å². The quantitative estimate of drug-likeness (QED) is 0.292. The molecule has 0 bridgehead atoms. The number of likely N-dealkylation sites (tertiary alicyclic amines) is 1. The van der Waals surface area contributed by atoms with E-state index in [-0.39, 0.29) is 43.7 Å². The number of carbonyl (C=O) groups is 2. The van der Waals surface area contributed by atoms with E-state index in [4.69, 9.17) is 9.47 Å². The molecule has 2 amide bonds. The van der Waals surface area contributed by atoms with Gasteiger partial charge in [0.05, 0.1) is 18.8 Å². The number of alkyl halides is 3. The molecule has 3 aromatic rings. The van der Waals surface area contributed by atoms with Crippen molar-refractivity contribution in [2.45, 2.75) is 70.1 Å². The second-order valence-corrected chi connectivity index (χ2v) is 12.1. The summed E-state index contributed by atoms with van der Waals surface area (Å²) in [4.78, 5) is 27.5. The Morgan fingerprint density at radius 2 is 1.65 bits per heavy atom. The average Bonchev–Trinajstić information content (AvgIpc) is 3.55. The Kier molecular flexibility index (Phi) is 10.5. The number of ether oxygens (including phenoxy) is 2. The van der Waals surface area contributed by atoms with Gasteiger partial charge in [-0.25, -0.2) is 0 Å². The molecule has 11 heteroatoms. The number of aliphatic hydroxyl groups excluding tert-OH is 1. The van der Waals surface area contributed by atoms with Gasteiger partial charge in [-0.2, -0.15) is 13.2 Å². The number of rotatable bonds is 9. The zero-order valence-electron chi connectivity index (χ0n) is 26.1. The lowest BCUT2D eigenvalue weighted by molar-refractivity contribution is -0.276. The van der Waals surface area contributed by atoms with Crippen LogP contribution in [-0.4, -0.2) is 65.2 Å². The molecule has 3 aromatic carbocycles. The van der Waals surface area contributed by atoms with Gasteiger partial charge in [0.25, 0.3) is 0 Å². The number of nitrogens with one attached hydrogen (secondary N) is 1. The molecule has 2 fully saturated rings. The number of benzene rings is 3. The van der Waals surface area contributed by atoms with Crippen LogP contribution in [0.15, 0.2) is 78.9 Å². The van der Waals surface area contributed by atoms with E-state index in [9.17, 15) is 27.9 Å². The highest BCUT2D eigenvalue weighted by atomic mass is 19.4. The lowest BCUT2D eigenvalue weighted by Gasteiger charge is -2.43. The van der Waals surface area contributed by atoms with Crippen molar-refractivity contribution in [2.24, 2.45) is 5.92 Å². The Hall–Kier alpha value is -3.77. The fourth-order valence-corrected chi connectivity index (χ4v) is 6.15. The van der Waals surface area contributed by atoms with Gasteiger partial charge in [-0.15, -0.1) is 0 Å². The summed E-state index contributed by atoms with van der Waals surface area (Å²) in [5, 5.41) is 12.2. The summed E-state index contributed by atoms with van der Waals surface area (Å²) in [5.41, 5.74) is 4.04. The number of nitrogens with zero attached hydrogens (tertiary/aromatic N) is 2. The van der Waals surface area contributed by atoms with Crippen molar-refractivity contribution in [3.63, 3.8) is 0 Å². The third-order valence-electron chi connectivity index (χ3n) is 9.04. The van der Waals surface area contributed by atoms with Gasteiger partial charge in [0.1, 0.15) is 6.04 Å². The average molecular weight is 640 g/mol. The standard InChI is InChI=1S/C35H40F3N3O5/c1-22-30(20-40(3)23(2)25-8-5-4-6-9-25)45-33(46-31(22)26-13-11-24(21-42)12-14-26)27-15-17-28(18-16-27)39-32(43)29-10-7-19-41(29)34(44)35(36,37)38/h4-6,8-9,11-18,22-23,29-31,33,42H,7,10,19-21H2,1-3H3,(H,39,43)/t22-,23+,29+,30+,31+,33+/m1/s1. The topological polar surface area (TPSA) is 91.3 Å². The molecule has 5 rings (SSSR count). The van der Waals surface area contributed by atoms with E-state index in [1.54, 1.807) is 24.3 Å². The monoisotopic (exact) mass is 639 g/mol. The summed E-state index contributed by atoms with van der Waals surface area (Å²) in [5.74, 6) is -2.68. The van der Waals surface area contributed by atoms with Crippen molar-refractivity contribution in [3.05, 3.63) is 101 Å². The molecule has 246 valence electrons. The highest BCUT2D eigenvalue weighted by Crippen LogP contribution is 2.42. The van der Waals surface area contributed by atoms with Crippen LogP contribution in [0, 0.1) is 5.92 Å². The molecule has 46 heavy (non-hydrogen) atoms. The molecule has 2 N–H and O–H groups in total. The summed E-state index contributed by atoms with van der Waals surface area (Å²) < 4.78 is 52.2. The van der Waals surface area contributed by atoms with Crippen LogP contribution in [-0.2, 0) is 25.7 Å². The maximum Gasteiger partial charge on any atom is 0.471 e. The number of carbonyl (C=O) groups excluding carboxylic acids is 2. The van der Waals surface area contributed by atoms with Gasteiger partial charge >= 0.3 is 12.1 Å². The molecule has 0 aromatic heterocycles. The van der Waals surface area contributed by atoms with Gasteiger partial charge in [-0.3, -0.25) is 14.5 Å². The minimum Gasteiger partial charge on any atom is -0.392 e. The van der Waals surface area contributed by atoms with Crippen LogP contribution in [0.1, 0.15) is 67.4 Å². The number of hydrogen-bond donors (Lipinski definition) is 2. The van der Waals surface area contributed by atoms with E-state index in [2.05, 4.69) is 43.2 Å². The largest absolute Gasteiger partial charge is 0.471 e. The van der Waals surface area contributed by atoms with E-state index in [0.29, 0.717) is 29.1 Å². The Morgan fingerprint density at radius 3 is 2.28 bits per heavy atom. The van der Waals surface area contributed by atoms with E-state index < -0.39 is 30.3 Å². The second kappa shape index (κ2) is 14.3. The Labute approximate surface area is 267 Å². The van der Waals surface area contributed by atoms with Crippen LogP contribution in [0.3, 0.4) is 0 Å². The van der Waals surface area contributed by atoms with Crippen molar-refractivity contribution in [3.8, 4) is 0 Å². The number of anilines is 1. The fraction of sp³-hybridized carbons (Fsp3) is 0.429. The molecule has 2 aliphatic rings. The van der Waals surface area contributed by atoms with Crippen molar-refractivity contribution < 1.29 is 37.3 Å². The van der Waals surface area contributed by atoms with Gasteiger partial charge in [0.2, 0.25) is 5.91 Å². The summed E-state index contributed by atoms with van der Waals surface area (Å²) in [6.07, 6.45) is -5.81. The van der Waals surface area contributed by atoms with Crippen LogP contribution in [0.4, 0.5) is 18.9 Å². The van der Waals surface area contributed by atoms with Crippen LogP contribution in [0.25, 0.3) is 0 Å². The molecule has 2 saturated heterocycles. The van der Waals surface area contributed by atoms with Crippen molar-refractivity contribution in [2.75, 3.05) is 25.5 Å². The SMILES string of the molecule is C[C@@H]1[C@H](CN(C)[C@@H](C)c2ccccc2)O[C@H](c2ccc(NC(=O)[C@@H]3CCCN3C(=O)C(F)(F)F)cc2)O[C@@H]1c1ccc(CO)cc1. The second-order valence-electron chi connectivity index (χ2n) is 12.1. The molecule has 2 aliphatic heterocycles. The van der Waals surface area contributed by atoms with E-state index in [1.165, 1.54) is 5.56 Å². The first-order valence-electron chi connectivity index (χ1n) is 15.5. The van der Waals surface area contributed by atoms with Crippen molar-refractivity contribution in [1.29, 1.82) is 0 Å². The smallest absolute Gasteiger partial charge is 0.392 e. The zero-order chi connectivity index (χ0) is 33.0. The third kappa shape index (κ3) is 7.60. The maximum absolute atomic E-state index is 13.0. The summed E-state index contributed by atoms with van der Waals surface area (Å²) >= 11 is 0. The van der Waals surface area contributed by atoms with Gasteiger partial charge < -0.3 is 24.8 Å². The van der Waals surface area contributed by atoms with Gasteiger partial charge in [-0.05, 0) is 55.6 Å². The van der Waals surface area contributed by atoms with Crippen LogP contribution < -0.4 is 5.32 Å². The molecule has 6 atom stereocenters. The predicted octanol–water partition coefficient (Wildman–Crippen LogP) is 6.16. The number of halogens is 3. The van der Waals surface area contributed by atoms with E-state index in [1.807, 2.05) is 42.5 Å². The van der Waals surface area contributed by atoms with Crippen LogP contribution >= 0.6 is 0 Å². The van der Waals surface area contributed by atoms with Crippen LogP contribution in [0.5, 0.6) is 0 Å². The highest BCUT2D eigenvalue weighted by Gasteiger charge is 2.47.